The molecule has 5 nitrogen and oxygen atoms in total. The highest BCUT2D eigenvalue weighted by Gasteiger charge is 2.17. The summed E-state index contributed by atoms with van der Waals surface area (Å²) in [6.45, 7) is 4.33. The van der Waals surface area contributed by atoms with Gasteiger partial charge in [-0.05, 0) is 49.2 Å². The minimum Gasteiger partial charge on any atom is -0.352 e. The molecule has 0 aliphatic rings. The van der Waals surface area contributed by atoms with Gasteiger partial charge in [0.1, 0.15) is 0 Å². The molecule has 0 bridgehead atoms. The first kappa shape index (κ1) is 19.3. The van der Waals surface area contributed by atoms with Crippen molar-refractivity contribution < 1.29 is 13.2 Å². The normalized spacial score (nSPS) is 11.2. The van der Waals surface area contributed by atoms with E-state index < -0.39 is 10.0 Å². The van der Waals surface area contributed by atoms with Gasteiger partial charge in [0, 0.05) is 17.1 Å². The van der Waals surface area contributed by atoms with Gasteiger partial charge in [-0.1, -0.05) is 37.1 Å². The number of nitrogens with one attached hydrogen (secondary N) is 2. The van der Waals surface area contributed by atoms with Gasteiger partial charge < -0.3 is 5.32 Å². The maximum absolute atomic E-state index is 12.6. The molecule has 0 saturated carbocycles. The van der Waals surface area contributed by atoms with Crippen LogP contribution in [0.25, 0.3) is 0 Å². The molecule has 2 rings (SSSR count). The molecule has 0 aliphatic carbocycles. The van der Waals surface area contributed by atoms with Crippen molar-refractivity contribution in [3.63, 3.8) is 0 Å². The number of sulfonamides is 1. The van der Waals surface area contributed by atoms with Crippen molar-refractivity contribution in [1.82, 2.24) is 5.32 Å². The van der Waals surface area contributed by atoms with E-state index in [9.17, 15) is 13.2 Å². The second-order valence-electron chi connectivity index (χ2n) is 5.66. The van der Waals surface area contributed by atoms with E-state index in [1.807, 2.05) is 6.92 Å². The van der Waals surface area contributed by atoms with E-state index in [4.69, 9.17) is 11.6 Å². The van der Waals surface area contributed by atoms with Crippen LogP contribution in [0.2, 0.25) is 5.02 Å². The van der Waals surface area contributed by atoms with Crippen LogP contribution < -0.4 is 10.0 Å². The lowest BCUT2D eigenvalue weighted by molar-refractivity contribution is 0.0953. The van der Waals surface area contributed by atoms with E-state index in [-0.39, 0.29) is 10.8 Å². The number of rotatable bonds is 7. The summed E-state index contributed by atoms with van der Waals surface area (Å²) in [6.07, 6.45) is 1.84. The van der Waals surface area contributed by atoms with Crippen LogP contribution in [0.5, 0.6) is 0 Å². The van der Waals surface area contributed by atoms with E-state index in [0.717, 1.165) is 12.8 Å². The van der Waals surface area contributed by atoms with Crippen LogP contribution >= 0.6 is 11.6 Å². The molecular formula is C18H21ClN2O3S. The Kier molecular flexibility index (Phi) is 6.45. The number of unbranched alkanes of at least 4 members (excludes halogenated alkanes) is 1. The molecule has 0 spiro atoms. The number of hydrogen-bond donors (Lipinski definition) is 2. The Hall–Kier alpha value is -2.05. The largest absolute Gasteiger partial charge is 0.352 e. The summed E-state index contributed by atoms with van der Waals surface area (Å²) in [7, 11) is -3.82. The molecular weight excluding hydrogens is 360 g/mol. The van der Waals surface area contributed by atoms with Gasteiger partial charge in [-0.3, -0.25) is 9.52 Å². The van der Waals surface area contributed by atoms with Crippen LogP contribution in [0.4, 0.5) is 5.69 Å². The highest BCUT2D eigenvalue weighted by molar-refractivity contribution is 7.92. The van der Waals surface area contributed by atoms with Gasteiger partial charge in [0.15, 0.2) is 0 Å². The summed E-state index contributed by atoms with van der Waals surface area (Å²) in [4.78, 5) is 12.1. The second kappa shape index (κ2) is 8.36. The molecule has 0 saturated heterocycles. The highest BCUT2D eigenvalue weighted by Crippen LogP contribution is 2.25. The fraction of sp³-hybridized carbons (Fsp3) is 0.278. The number of halogens is 1. The van der Waals surface area contributed by atoms with Crippen molar-refractivity contribution in [2.24, 2.45) is 0 Å². The monoisotopic (exact) mass is 380 g/mol. The third-order valence-electron chi connectivity index (χ3n) is 3.73. The molecule has 2 N–H and O–H groups in total. The Balaban J connectivity index is 2.23. The van der Waals surface area contributed by atoms with Crippen molar-refractivity contribution in [2.75, 3.05) is 11.3 Å². The lowest BCUT2D eigenvalue weighted by Gasteiger charge is -2.12. The maximum Gasteiger partial charge on any atom is 0.261 e. The number of amides is 1. The van der Waals surface area contributed by atoms with Gasteiger partial charge >= 0.3 is 0 Å². The van der Waals surface area contributed by atoms with Gasteiger partial charge in [0.25, 0.3) is 15.9 Å². The molecule has 1 amide bonds. The van der Waals surface area contributed by atoms with Crippen molar-refractivity contribution >= 4 is 33.2 Å². The lowest BCUT2D eigenvalue weighted by atomic mass is 10.2. The minimum absolute atomic E-state index is 0.0232. The van der Waals surface area contributed by atoms with Gasteiger partial charge in [0.2, 0.25) is 0 Å². The molecule has 0 fully saturated rings. The van der Waals surface area contributed by atoms with Crippen molar-refractivity contribution in [2.45, 2.75) is 31.6 Å². The summed E-state index contributed by atoms with van der Waals surface area (Å²) in [5, 5.41) is 3.25. The molecule has 0 unspecified atom stereocenters. The Labute approximate surface area is 153 Å². The first-order chi connectivity index (χ1) is 11.8. The Morgan fingerprint density at radius 1 is 1.16 bits per heavy atom. The van der Waals surface area contributed by atoms with Crippen LogP contribution in [0, 0.1) is 6.92 Å². The molecule has 2 aromatic carbocycles. The topological polar surface area (TPSA) is 75.3 Å². The summed E-state index contributed by atoms with van der Waals surface area (Å²) in [6, 6.07) is 11.0. The van der Waals surface area contributed by atoms with E-state index in [0.29, 0.717) is 28.4 Å². The molecule has 0 aliphatic heterocycles. The summed E-state index contributed by atoms with van der Waals surface area (Å²) in [5.41, 5.74) is 1.35. The zero-order valence-electron chi connectivity index (χ0n) is 14.2. The van der Waals surface area contributed by atoms with Crippen molar-refractivity contribution in [1.29, 1.82) is 0 Å². The van der Waals surface area contributed by atoms with Gasteiger partial charge in [-0.2, -0.15) is 0 Å². The minimum atomic E-state index is -3.82. The van der Waals surface area contributed by atoms with Crippen LogP contribution in [0.15, 0.2) is 47.4 Å². The summed E-state index contributed by atoms with van der Waals surface area (Å²) >= 11 is 6.03. The second-order valence-corrected chi connectivity index (χ2v) is 7.74. The molecule has 0 radical (unpaired) electrons. The van der Waals surface area contributed by atoms with Gasteiger partial charge in [0.05, 0.1) is 10.6 Å². The number of anilines is 1. The molecule has 2 aromatic rings. The number of carbonyl (C=O) groups is 1. The fourth-order valence-electron chi connectivity index (χ4n) is 2.21. The first-order valence-corrected chi connectivity index (χ1v) is 9.87. The number of benzene rings is 2. The Morgan fingerprint density at radius 2 is 1.88 bits per heavy atom. The highest BCUT2D eigenvalue weighted by atomic mass is 35.5. The quantitative estimate of drug-likeness (QED) is 0.713. The van der Waals surface area contributed by atoms with Crippen LogP contribution in [0.1, 0.15) is 35.7 Å². The van der Waals surface area contributed by atoms with E-state index in [1.165, 1.54) is 12.1 Å². The third-order valence-corrected chi connectivity index (χ3v) is 5.51. The molecule has 0 atom stereocenters. The lowest BCUT2D eigenvalue weighted by Crippen LogP contribution is -2.24. The summed E-state index contributed by atoms with van der Waals surface area (Å²) < 4.78 is 27.7. The molecule has 134 valence electrons. The Morgan fingerprint density at radius 3 is 2.60 bits per heavy atom. The fourth-order valence-corrected chi connectivity index (χ4v) is 3.55. The smallest absolute Gasteiger partial charge is 0.261 e. The molecule has 7 heteroatoms. The SMILES string of the molecule is CCCCNC(=O)c1cccc(S(=O)(=O)Nc2cccc(Cl)c2C)c1. The van der Waals surface area contributed by atoms with Crippen LogP contribution in [-0.2, 0) is 10.0 Å². The first-order valence-electron chi connectivity index (χ1n) is 8.01. The van der Waals surface area contributed by atoms with Crippen molar-refractivity contribution in [3.05, 3.63) is 58.6 Å². The van der Waals surface area contributed by atoms with E-state index in [1.54, 1.807) is 37.3 Å². The van der Waals surface area contributed by atoms with Gasteiger partial charge in [-0.25, -0.2) is 8.42 Å². The average molecular weight is 381 g/mol. The third kappa shape index (κ3) is 4.96. The zero-order valence-corrected chi connectivity index (χ0v) is 15.7. The van der Waals surface area contributed by atoms with E-state index >= 15 is 0 Å². The predicted octanol–water partition coefficient (Wildman–Crippen LogP) is 3.98. The van der Waals surface area contributed by atoms with E-state index in [2.05, 4.69) is 10.0 Å². The summed E-state index contributed by atoms with van der Waals surface area (Å²) in [5.74, 6) is -0.288. The average Bonchev–Trinajstić information content (AvgIpc) is 2.59. The maximum atomic E-state index is 12.6. The number of hydrogen-bond acceptors (Lipinski definition) is 3. The Bertz CT molecular complexity index is 866. The number of carbonyl (C=O) groups excluding carboxylic acids is 1. The van der Waals surface area contributed by atoms with Crippen LogP contribution in [0.3, 0.4) is 0 Å². The van der Waals surface area contributed by atoms with Gasteiger partial charge in [-0.15, -0.1) is 0 Å². The standard InChI is InChI=1S/C18H21ClN2O3S/c1-3-4-11-20-18(22)14-7-5-8-15(12-14)25(23,24)21-17-10-6-9-16(19)13(17)2/h5-10,12,21H,3-4,11H2,1-2H3,(H,20,22). The molecule has 0 heterocycles. The van der Waals surface area contributed by atoms with Crippen LogP contribution in [-0.4, -0.2) is 20.9 Å². The van der Waals surface area contributed by atoms with Crippen molar-refractivity contribution in [3.8, 4) is 0 Å². The molecule has 25 heavy (non-hydrogen) atoms. The molecule has 0 aromatic heterocycles. The zero-order chi connectivity index (χ0) is 18.4. The predicted molar refractivity (Wildman–Crippen MR) is 101 cm³/mol.